The van der Waals surface area contributed by atoms with Gasteiger partial charge >= 0.3 is 0 Å². The zero-order valence-corrected chi connectivity index (χ0v) is 21.5. The Morgan fingerprint density at radius 2 is 0.966 bits per heavy atom. The van der Waals surface area contributed by atoms with Crippen LogP contribution >= 0.6 is 23.1 Å². The molecule has 4 rings (SSSR count). The second-order valence-electron chi connectivity index (χ2n) is 6.46. The molecule has 0 aliphatic carbocycles. The second-order valence-corrected chi connectivity index (χ2v) is 8.41. The number of phenolic OH excluding ortho intramolecular Hbond substituents is 2. The second kappa shape index (κ2) is 10.1. The molecule has 0 radical (unpaired) electrons. The molecule has 0 aliphatic heterocycles. The van der Waals surface area contributed by atoms with Gasteiger partial charge in [0.1, 0.15) is 11.5 Å². The minimum atomic E-state index is 0. The maximum absolute atomic E-state index is 9.66. The molecule has 0 unspecified atom stereocenters. The molecular weight excluding hydrogens is 454 g/mol. The average Bonchev–Trinajstić information content (AvgIpc) is 3.19. The Hall–Kier alpha value is -2.08. The summed E-state index contributed by atoms with van der Waals surface area (Å²) in [6, 6.07) is 14.6. The largest absolute Gasteiger partial charge is 0.507 e. The van der Waals surface area contributed by atoms with Crippen molar-refractivity contribution in [3.63, 3.8) is 0 Å². The third-order valence-corrected chi connectivity index (χ3v) is 6.34. The summed E-state index contributed by atoms with van der Waals surface area (Å²) in [5, 5.41) is 19.3. The molecule has 0 saturated heterocycles. The van der Waals surface area contributed by atoms with Crippen molar-refractivity contribution in [3.05, 3.63) is 69.4 Å². The number of aromatic nitrogens is 2. The molecule has 0 bridgehead atoms. The van der Waals surface area contributed by atoms with Gasteiger partial charge in [0.15, 0.2) is 0 Å². The van der Waals surface area contributed by atoms with Crippen LogP contribution in [0.2, 0.25) is 0 Å². The van der Waals surface area contributed by atoms with E-state index in [2.05, 4.69) is 8.75 Å². The van der Waals surface area contributed by atoms with Crippen LogP contribution in [0.3, 0.4) is 0 Å². The molecule has 0 saturated carbocycles. The molecule has 2 heterocycles. The number of para-hydroxylation sites is 2. The Morgan fingerprint density at radius 1 is 0.621 bits per heavy atom. The topological polar surface area (TPSA) is 66.2 Å². The van der Waals surface area contributed by atoms with E-state index in [0.29, 0.717) is 11.5 Å². The number of hydrogen-bond donors (Lipinski definition) is 2. The Kier molecular flexibility index (Phi) is 8.08. The predicted molar refractivity (Wildman–Crippen MR) is 117 cm³/mol. The first kappa shape index (κ1) is 23.2. The van der Waals surface area contributed by atoms with Gasteiger partial charge in [0.25, 0.3) is 0 Å². The molecule has 7 heteroatoms. The summed E-state index contributed by atoms with van der Waals surface area (Å²) in [5.41, 5.74) is 5.72. The summed E-state index contributed by atoms with van der Waals surface area (Å²) in [4.78, 5) is 2.39. The molecule has 2 N–H and O–H groups in total. The first-order chi connectivity index (χ1) is 13.4. The van der Waals surface area contributed by atoms with E-state index in [1.807, 2.05) is 64.1 Å². The van der Waals surface area contributed by atoms with Gasteiger partial charge < -0.3 is 10.2 Å². The minimum absolute atomic E-state index is 0. The van der Waals surface area contributed by atoms with Crippen LogP contribution in [0.25, 0.3) is 22.5 Å². The molecule has 0 aliphatic rings. The van der Waals surface area contributed by atoms with Crippen LogP contribution in [0.1, 0.15) is 20.9 Å². The summed E-state index contributed by atoms with van der Waals surface area (Å²) >= 11 is 2.95. The molecule has 29 heavy (non-hydrogen) atoms. The van der Waals surface area contributed by atoms with Crippen LogP contribution < -0.4 is 0 Å². The van der Waals surface area contributed by atoms with Crippen LogP contribution in [0.4, 0.5) is 0 Å². The maximum atomic E-state index is 9.66. The number of benzene rings is 2. The number of rotatable bonds is 2. The molecule has 146 valence electrons. The van der Waals surface area contributed by atoms with E-state index < -0.39 is 0 Å². The molecule has 0 atom stereocenters. The zero-order chi connectivity index (χ0) is 20.3. The fourth-order valence-electron chi connectivity index (χ4n) is 2.69. The van der Waals surface area contributed by atoms with Gasteiger partial charge in [-0.25, -0.2) is 0 Å². The predicted octanol–water partition coefficient (Wildman–Crippen LogP) is 6.26. The number of aryl methyl sites for hydroxylation is 2. The summed E-state index contributed by atoms with van der Waals surface area (Å²) < 4.78 is 8.66. The van der Waals surface area contributed by atoms with Crippen molar-refractivity contribution >= 4 is 23.1 Å². The minimum Gasteiger partial charge on any atom is -0.507 e. The van der Waals surface area contributed by atoms with Crippen molar-refractivity contribution in [3.8, 4) is 34.0 Å². The molecule has 2 aromatic carbocycles. The Morgan fingerprint density at radius 3 is 1.24 bits per heavy atom. The molecule has 4 aromatic rings. The van der Waals surface area contributed by atoms with E-state index in [0.717, 1.165) is 33.6 Å². The van der Waals surface area contributed by atoms with Crippen LogP contribution in [-0.2, 0) is 19.5 Å². The van der Waals surface area contributed by atoms with Crippen LogP contribution in [0.15, 0.2) is 48.5 Å². The maximum Gasteiger partial charge on any atom is 0.125 e. The van der Waals surface area contributed by atoms with Crippen molar-refractivity contribution in [2.45, 2.75) is 27.7 Å². The standard InChI is InChI=1S/2C11H11NOS.Zn/c2*1-7-8(2)14-12-11(7)9-5-3-4-6-10(9)13;/h2*3-6,13H,1-2H3;. The van der Waals surface area contributed by atoms with Crippen molar-refractivity contribution in [1.29, 1.82) is 0 Å². The van der Waals surface area contributed by atoms with E-state index in [-0.39, 0.29) is 19.5 Å². The molecule has 0 amide bonds. The van der Waals surface area contributed by atoms with Crippen LogP contribution in [0, 0.1) is 27.7 Å². The quantitative estimate of drug-likeness (QED) is 0.336. The van der Waals surface area contributed by atoms with Gasteiger partial charge in [0.2, 0.25) is 0 Å². The number of aromatic hydroxyl groups is 2. The fourth-order valence-corrected chi connectivity index (χ4v) is 4.08. The summed E-state index contributed by atoms with van der Waals surface area (Å²) in [5.74, 6) is 0.585. The third kappa shape index (κ3) is 5.10. The zero-order valence-electron chi connectivity index (χ0n) is 16.9. The molecule has 0 spiro atoms. The molecule has 0 fully saturated rings. The van der Waals surface area contributed by atoms with Gasteiger partial charge in [-0.15, -0.1) is 0 Å². The average molecular weight is 476 g/mol. The number of phenols is 2. The van der Waals surface area contributed by atoms with Crippen molar-refractivity contribution < 1.29 is 29.7 Å². The van der Waals surface area contributed by atoms with E-state index in [1.165, 1.54) is 32.8 Å². The van der Waals surface area contributed by atoms with E-state index in [4.69, 9.17) is 0 Å². The van der Waals surface area contributed by atoms with Gasteiger partial charge in [-0.1, -0.05) is 24.3 Å². The van der Waals surface area contributed by atoms with Crippen molar-refractivity contribution in [2.75, 3.05) is 0 Å². The first-order valence-corrected chi connectivity index (χ1v) is 10.4. The van der Waals surface area contributed by atoms with Gasteiger partial charge in [-0.05, 0) is 86.2 Å². The Labute approximate surface area is 192 Å². The van der Waals surface area contributed by atoms with Crippen molar-refractivity contribution in [2.24, 2.45) is 0 Å². The van der Waals surface area contributed by atoms with E-state index in [9.17, 15) is 10.2 Å². The Bertz CT molecular complexity index is 1020. The normalized spacial score (nSPS) is 10.1. The van der Waals surface area contributed by atoms with Crippen LogP contribution in [-0.4, -0.2) is 19.0 Å². The van der Waals surface area contributed by atoms with E-state index >= 15 is 0 Å². The van der Waals surface area contributed by atoms with Gasteiger partial charge in [-0.2, -0.15) is 8.75 Å². The first-order valence-electron chi connectivity index (χ1n) is 8.82. The number of nitrogens with zero attached hydrogens (tertiary/aromatic N) is 2. The molecule has 2 aromatic heterocycles. The van der Waals surface area contributed by atoms with Gasteiger partial charge in [-0.3, -0.25) is 0 Å². The van der Waals surface area contributed by atoms with Gasteiger partial charge in [0, 0.05) is 40.4 Å². The SMILES string of the molecule is Cc1snc(-c2ccccc2O)c1C.Cc1snc(-c2ccccc2O)c1C.[Zn]. The summed E-state index contributed by atoms with van der Waals surface area (Å²) in [7, 11) is 0. The number of hydrogen-bond acceptors (Lipinski definition) is 6. The smallest absolute Gasteiger partial charge is 0.125 e. The Balaban J connectivity index is 0.000000200. The fraction of sp³-hybridized carbons (Fsp3) is 0.182. The monoisotopic (exact) mass is 474 g/mol. The summed E-state index contributed by atoms with van der Waals surface area (Å²) in [6.07, 6.45) is 0. The van der Waals surface area contributed by atoms with Crippen molar-refractivity contribution in [1.82, 2.24) is 8.75 Å². The molecular formula is C22H22N2O2S2Zn. The van der Waals surface area contributed by atoms with Gasteiger partial charge in [0.05, 0.1) is 11.4 Å². The summed E-state index contributed by atoms with van der Waals surface area (Å²) in [6.45, 7) is 8.13. The van der Waals surface area contributed by atoms with Crippen LogP contribution in [0.5, 0.6) is 11.5 Å². The van der Waals surface area contributed by atoms with E-state index in [1.54, 1.807) is 12.1 Å². The third-order valence-electron chi connectivity index (χ3n) is 4.63. The molecule has 4 nitrogen and oxygen atoms in total.